The Balaban J connectivity index is 2.35. The van der Waals surface area contributed by atoms with Gasteiger partial charge in [0.2, 0.25) is 5.91 Å². The smallest absolute Gasteiger partial charge is 0.225 e. The molecule has 0 atom stereocenters. The van der Waals surface area contributed by atoms with Crippen molar-refractivity contribution in [1.29, 1.82) is 0 Å². The van der Waals surface area contributed by atoms with Crippen molar-refractivity contribution in [2.75, 3.05) is 20.7 Å². The van der Waals surface area contributed by atoms with Gasteiger partial charge in [-0.15, -0.1) is 0 Å². The second kappa shape index (κ2) is 5.95. The van der Waals surface area contributed by atoms with Gasteiger partial charge in [-0.25, -0.2) is 0 Å². The summed E-state index contributed by atoms with van der Waals surface area (Å²) in [4.78, 5) is 12.8. The highest BCUT2D eigenvalue weighted by molar-refractivity contribution is 14.1. The number of benzene rings is 1. The van der Waals surface area contributed by atoms with E-state index >= 15 is 0 Å². The highest BCUT2D eigenvalue weighted by Crippen LogP contribution is 2.14. The zero-order valence-electron chi connectivity index (χ0n) is 8.87. The molecule has 0 aliphatic rings. The van der Waals surface area contributed by atoms with E-state index in [1.165, 1.54) is 0 Å². The standard InChI is InChI=1S/C11H14INO2/c1-13(2)11(14)6-7-15-10-5-3-4-9(12)8-10/h3-5,8H,6-7H2,1-2H3. The molecule has 1 aromatic carbocycles. The Morgan fingerprint density at radius 1 is 1.47 bits per heavy atom. The van der Waals surface area contributed by atoms with Crippen LogP contribution in [0.5, 0.6) is 5.75 Å². The van der Waals surface area contributed by atoms with Gasteiger partial charge in [0.1, 0.15) is 5.75 Å². The summed E-state index contributed by atoms with van der Waals surface area (Å²) in [5.74, 6) is 0.897. The minimum atomic E-state index is 0.0839. The van der Waals surface area contributed by atoms with Crippen LogP contribution in [0.2, 0.25) is 0 Å². The van der Waals surface area contributed by atoms with Gasteiger partial charge in [0.15, 0.2) is 0 Å². The van der Waals surface area contributed by atoms with Crippen LogP contribution in [0.25, 0.3) is 0 Å². The fourth-order valence-corrected chi connectivity index (χ4v) is 1.55. The highest BCUT2D eigenvalue weighted by Gasteiger charge is 2.03. The molecular weight excluding hydrogens is 305 g/mol. The Kier molecular flexibility index (Phi) is 4.87. The summed E-state index contributed by atoms with van der Waals surface area (Å²) in [6, 6.07) is 7.77. The number of halogens is 1. The molecule has 15 heavy (non-hydrogen) atoms. The molecule has 1 amide bonds. The first-order chi connectivity index (χ1) is 7.09. The lowest BCUT2D eigenvalue weighted by atomic mass is 10.3. The molecule has 0 spiro atoms. The molecule has 0 aliphatic heterocycles. The van der Waals surface area contributed by atoms with Crippen molar-refractivity contribution in [3.63, 3.8) is 0 Å². The maximum Gasteiger partial charge on any atom is 0.225 e. The van der Waals surface area contributed by atoms with Crippen LogP contribution in [-0.2, 0) is 4.79 Å². The van der Waals surface area contributed by atoms with Gasteiger partial charge in [0.25, 0.3) is 0 Å². The fraction of sp³-hybridized carbons (Fsp3) is 0.364. The van der Waals surface area contributed by atoms with E-state index in [2.05, 4.69) is 22.6 Å². The van der Waals surface area contributed by atoms with Crippen LogP contribution < -0.4 is 4.74 Å². The second-order valence-electron chi connectivity index (χ2n) is 3.34. The van der Waals surface area contributed by atoms with Crippen molar-refractivity contribution in [2.45, 2.75) is 6.42 Å². The Bertz CT molecular complexity index is 339. The molecule has 0 saturated heterocycles. The van der Waals surface area contributed by atoms with Gasteiger partial charge in [-0.3, -0.25) is 4.79 Å². The topological polar surface area (TPSA) is 29.5 Å². The number of nitrogens with zero attached hydrogens (tertiary/aromatic N) is 1. The van der Waals surface area contributed by atoms with Crippen LogP contribution in [0.4, 0.5) is 0 Å². The summed E-state index contributed by atoms with van der Waals surface area (Å²) < 4.78 is 6.58. The number of carbonyl (C=O) groups excluding carboxylic acids is 1. The van der Waals surface area contributed by atoms with E-state index in [1.54, 1.807) is 19.0 Å². The van der Waals surface area contributed by atoms with E-state index in [0.717, 1.165) is 9.32 Å². The van der Waals surface area contributed by atoms with E-state index < -0.39 is 0 Å². The number of hydrogen-bond acceptors (Lipinski definition) is 2. The van der Waals surface area contributed by atoms with Gasteiger partial charge in [0, 0.05) is 17.7 Å². The van der Waals surface area contributed by atoms with Crippen LogP contribution in [0.1, 0.15) is 6.42 Å². The monoisotopic (exact) mass is 319 g/mol. The average Bonchev–Trinajstić information content (AvgIpc) is 2.17. The summed E-state index contributed by atoms with van der Waals surface area (Å²) in [5, 5.41) is 0. The highest BCUT2D eigenvalue weighted by atomic mass is 127. The minimum Gasteiger partial charge on any atom is -0.493 e. The lowest BCUT2D eigenvalue weighted by Gasteiger charge is -2.10. The lowest BCUT2D eigenvalue weighted by Crippen LogP contribution is -2.23. The summed E-state index contributed by atoms with van der Waals surface area (Å²) in [5.41, 5.74) is 0. The maximum atomic E-state index is 11.2. The van der Waals surface area contributed by atoms with Crippen molar-refractivity contribution in [2.24, 2.45) is 0 Å². The summed E-state index contributed by atoms with van der Waals surface area (Å²) in [6.07, 6.45) is 0.415. The van der Waals surface area contributed by atoms with Crippen molar-refractivity contribution in [3.05, 3.63) is 27.8 Å². The zero-order valence-corrected chi connectivity index (χ0v) is 11.0. The Hall–Kier alpha value is -0.780. The van der Waals surface area contributed by atoms with Gasteiger partial charge in [-0.1, -0.05) is 6.07 Å². The van der Waals surface area contributed by atoms with Gasteiger partial charge in [-0.2, -0.15) is 0 Å². The van der Waals surface area contributed by atoms with E-state index in [-0.39, 0.29) is 5.91 Å². The lowest BCUT2D eigenvalue weighted by molar-refractivity contribution is -0.129. The number of amides is 1. The molecule has 82 valence electrons. The summed E-state index contributed by atoms with van der Waals surface area (Å²) >= 11 is 2.23. The Morgan fingerprint density at radius 2 is 2.20 bits per heavy atom. The molecule has 3 nitrogen and oxygen atoms in total. The predicted octanol–water partition coefficient (Wildman–Crippen LogP) is 2.15. The molecule has 0 bridgehead atoms. The molecule has 0 aliphatic carbocycles. The fourth-order valence-electron chi connectivity index (χ4n) is 1.04. The molecule has 0 saturated carbocycles. The maximum absolute atomic E-state index is 11.2. The largest absolute Gasteiger partial charge is 0.493 e. The quantitative estimate of drug-likeness (QED) is 0.796. The molecular formula is C11H14INO2. The third-order valence-corrected chi connectivity index (χ3v) is 2.55. The van der Waals surface area contributed by atoms with Gasteiger partial charge in [0.05, 0.1) is 13.0 Å². The molecule has 0 heterocycles. The molecule has 1 rings (SSSR count). The summed E-state index contributed by atoms with van der Waals surface area (Å²) in [6.45, 7) is 0.428. The van der Waals surface area contributed by atoms with E-state index in [4.69, 9.17) is 4.74 Å². The number of rotatable bonds is 4. The van der Waals surface area contributed by atoms with E-state index in [0.29, 0.717) is 13.0 Å². The van der Waals surface area contributed by atoms with Gasteiger partial charge >= 0.3 is 0 Å². The first kappa shape index (κ1) is 12.3. The number of carbonyl (C=O) groups is 1. The SMILES string of the molecule is CN(C)C(=O)CCOc1cccc(I)c1. The second-order valence-corrected chi connectivity index (χ2v) is 4.59. The van der Waals surface area contributed by atoms with Crippen LogP contribution in [0.15, 0.2) is 24.3 Å². The van der Waals surface area contributed by atoms with Crippen molar-refractivity contribution >= 4 is 28.5 Å². The van der Waals surface area contributed by atoms with E-state index in [1.807, 2.05) is 24.3 Å². The number of hydrogen-bond donors (Lipinski definition) is 0. The van der Waals surface area contributed by atoms with Crippen LogP contribution >= 0.6 is 22.6 Å². The molecule has 0 unspecified atom stereocenters. The third-order valence-electron chi connectivity index (χ3n) is 1.88. The first-order valence-electron chi connectivity index (χ1n) is 4.68. The van der Waals surface area contributed by atoms with Gasteiger partial charge < -0.3 is 9.64 Å². The van der Waals surface area contributed by atoms with Gasteiger partial charge in [-0.05, 0) is 40.8 Å². The average molecular weight is 319 g/mol. The normalized spacial score (nSPS) is 9.80. The molecule has 0 N–H and O–H groups in total. The van der Waals surface area contributed by atoms with Crippen LogP contribution in [-0.4, -0.2) is 31.5 Å². The molecule has 0 fully saturated rings. The first-order valence-corrected chi connectivity index (χ1v) is 5.76. The zero-order chi connectivity index (χ0) is 11.3. The molecule has 0 aromatic heterocycles. The third kappa shape index (κ3) is 4.51. The Labute approximate surface area is 104 Å². The van der Waals surface area contributed by atoms with Crippen molar-refractivity contribution < 1.29 is 9.53 Å². The Morgan fingerprint density at radius 3 is 2.80 bits per heavy atom. The van der Waals surface area contributed by atoms with Crippen LogP contribution in [0, 0.1) is 3.57 Å². The summed E-state index contributed by atoms with van der Waals surface area (Å²) in [7, 11) is 3.49. The van der Waals surface area contributed by atoms with Crippen molar-refractivity contribution in [3.8, 4) is 5.75 Å². The predicted molar refractivity (Wildman–Crippen MR) is 68.0 cm³/mol. The van der Waals surface area contributed by atoms with Crippen molar-refractivity contribution in [1.82, 2.24) is 4.90 Å². The molecule has 0 radical (unpaired) electrons. The molecule has 4 heteroatoms. The number of ether oxygens (including phenoxy) is 1. The van der Waals surface area contributed by atoms with Crippen LogP contribution in [0.3, 0.4) is 0 Å². The minimum absolute atomic E-state index is 0.0839. The molecule has 1 aromatic rings. The van der Waals surface area contributed by atoms with E-state index in [9.17, 15) is 4.79 Å².